The fourth-order valence-electron chi connectivity index (χ4n) is 4.34. The first-order valence-corrected chi connectivity index (χ1v) is 15.2. The van der Waals surface area contributed by atoms with Crippen molar-refractivity contribution in [2.24, 2.45) is 0 Å². The number of anilines is 1. The third kappa shape index (κ3) is 8.57. The Morgan fingerprint density at radius 3 is 2.15 bits per heavy atom. The van der Waals surface area contributed by atoms with Crippen LogP contribution in [0.3, 0.4) is 0 Å². The number of rotatable bonds is 12. The molecule has 9 heteroatoms. The maximum Gasteiger partial charge on any atom is 0.264 e. The molecular weight excluding hydrogens is 538 g/mol. The molecule has 0 radical (unpaired) electrons. The highest BCUT2D eigenvalue weighted by Crippen LogP contribution is 2.33. The van der Waals surface area contributed by atoms with Crippen LogP contribution in [0.1, 0.15) is 45.7 Å². The Bertz CT molecular complexity index is 1420. The summed E-state index contributed by atoms with van der Waals surface area (Å²) in [7, 11) is -4.18. The number of nitrogens with one attached hydrogen (secondary N) is 1. The van der Waals surface area contributed by atoms with Gasteiger partial charge in [0.05, 0.1) is 17.2 Å². The Labute approximate surface area is 244 Å². The van der Waals surface area contributed by atoms with Crippen molar-refractivity contribution in [3.63, 3.8) is 0 Å². The van der Waals surface area contributed by atoms with Gasteiger partial charge in [-0.05, 0) is 77.8 Å². The number of carbonyl (C=O) groups is 2. The minimum atomic E-state index is -4.18. The molecule has 0 aromatic heterocycles. The van der Waals surface area contributed by atoms with E-state index in [1.54, 1.807) is 43.3 Å². The molecule has 3 aromatic rings. The SMILES string of the molecule is CCOc1ccccc1N(CC(=O)N(CCc1ccccc1)[C@@H](C)C(=O)NC(C)(C)C)S(=O)(=O)c1ccc(C)cc1. The summed E-state index contributed by atoms with van der Waals surface area (Å²) < 4.78 is 34.9. The largest absolute Gasteiger partial charge is 0.492 e. The smallest absolute Gasteiger partial charge is 0.264 e. The van der Waals surface area contributed by atoms with E-state index in [0.717, 1.165) is 15.4 Å². The molecular formula is C32H41N3O5S. The second-order valence-electron chi connectivity index (χ2n) is 11.0. The lowest BCUT2D eigenvalue weighted by molar-refractivity contribution is -0.139. The number of sulfonamides is 1. The van der Waals surface area contributed by atoms with E-state index >= 15 is 0 Å². The summed E-state index contributed by atoms with van der Waals surface area (Å²) in [5.74, 6) is -0.478. The number of hydrogen-bond acceptors (Lipinski definition) is 5. The summed E-state index contributed by atoms with van der Waals surface area (Å²) in [4.78, 5) is 28.8. The first-order valence-electron chi connectivity index (χ1n) is 13.8. The van der Waals surface area contributed by atoms with E-state index < -0.39 is 34.1 Å². The summed E-state index contributed by atoms with van der Waals surface area (Å²) in [6.07, 6.45) is 0.500. The molecule has 0 aliphatic rings. The fraction of sp³-hybridized carbons (Fsp3) is 0.375. The van der Waals surface area contributed by atoms with E-state index in [1.165, 1.54) is 17.0 Å². The lowest BCUT2D eigenvalue weighted by atomic mass is 10.1. The lowest BCUT2D eigenvalue weighted by Crippen LogP contribution is -2.55. The molecule has 1 N–H and O–H groups in total. The van der Waals surface area contributed by atoms with Gasteiger partial charge in [-0.2, -0.15) is 0 Å². The Kier molecular flexibility index (Phi) is 10.6. The van der Waals surface area contributed by atoms with Crippen LogP contribution in [0.4, 0.5) is 5.69 Å². The van der Waals surface area contributed by atoms with Crippen molar-refractivity contribution in [1.29, 1.82) is 0 Å². The highest BCUT2D eigenvalue weighted by molar-refractivity contribution is 7.92. The predicted octanol–water partition coefficient (Wildman–Crippen LogP) is 4.96. The van der Waals surface area contributed by atoms with Crippen molar-refractivity contribution in [2.45, 2.75) is 64.4 Å². The highest BCUT2D eigenvalue weighted by Gasteiger charge is 2.34. The Morgan fingerprint density at radius 2 is 1.54 bits per heavy atom. The summed E-state index contributed by atoms with van der Waals surface area (Å²) in [6.45, 7) is 11.0. The average Bonchev–Trinajstić information content (AvgIpc) is 2.92. The zero-order chi connectivity index (χ0) is 30.2. The van der Waals surface area contributed by atoms with Gasteiger partial charge in [-0.15, -0.1) is 0 Å². The maximum absolute atomic E-state index is 14.1. The molecule has 220 valence electrons. The minimum absolute atomic E-state index is 0.0524. The van der Waals surface area contributed by atoms with Gasteiger partial charge in [0.25, 0.3) is 10.0 Å². The topological polar surface area (TPSA) is 96.0 Å². The first-order chi connectivity index (χ1) is 19.3. The van der Waals surface area contributed by atoms with Gasteiger partial charge in [-0.1, -0.05) is 60.2 Å². The van der Waals surface area contributed by atoms with E-state index in [9.17, 15) is 18.0 Å². The summed E-state index contributed by atoms with van der Waals surface area (Å²) in [5.41, 5.74) is 1.65. The standard InChI is InChI=1S/C32H41N3O5S/c1-7-40-29-16-12-11-15-28(29)35(41(38,39)27-19-17-24(2)18-20-27)23-30(36)34(22-21-26-13-9-8-10-14-26)25(3)31(37)33-32(4,5)6/h8-20,25H,7,21-23H2,1-6H3,(H,33,37)/t25-/m0/s1. The molecule has 0 aliphatic heterocycles. The van der Waals surface area contributed by atoms with Crippen molar-refractivity contribution < 1.29 is 22.7 Å². The van der Waals surface area contributed by atoms with Gasteiger partial charge in [0.2, 0.25) is 11.8 Å². The second-order valence-corrected chi connectivity index (χ2v) is 12.8. The van der Waals surface area contributed by atoms with E-state index in [4.69, 9.17) is 4.74 Å². The Balaban J connectivity index is 2.04. The molecule has 0 saturated heterocycles. The van der Waals surface area contributed by atoms with E-state index in [0.29, 0.717) is 18.8 Å². The normalized spacial score (nSPS) is 12.3. The molecule has 0 saturated carbocycles. The third-order valence-corrected chi connectivity index (χ3v) is 8.25. The molecule has 3 rings (SSSR count). The molecule has 0 heterocycles. The molecule has 0 fully saturated rings. The zero-order valence-corrected chi connectivity index (χ0v) is 25.6. The van der Waals surface area contributed by atoms with Gasteiger partial charge in [0.1, 0.15) is 18.3 Å². The number of para-hydroxylation sites is 2. The summed E-state index contributed by atoms with van der Waals surface area (Å²) in [6, 6.07) is 22.0. The van der Waals surface area contributed by atoms with Crippen LogP contribution in [0.5, 0.6) is 5.75 Å². The van der Waals surface area contributed by atoms with Crippen LogP contribution in [0, 0.1) is 6.92 Å². The number of aryl methyl sites for hydroxylation is 1. The van der Waals surface area contributed by atoms with Crippen molar-refractivity contribution in [2.75, 3.05) is 24.0 Å². The van der Waals surface area contributed by atoms with Crippen molar-refractivity contribution in [3.8, 4) is 5.75 Å². The van der Waals surface area contributed by atoms with Gasteiger partial charge >= 0.3 is 0 Å². The molecule has 3 aromatic carbocycles. The molecule has 0 spiro atoms. The molecule has 0 aliphatic carbocycles. The molecule has 41 heavy (non-hydrogen) atoms. The molecule has 0 bridgehead atoms. The van der Waals surface area contributed by atoms with Crippen LogP contribution in [-0.4, -0.2) is 56.4 Å². The lowest BCUT2D eigenvalue weighted by Gasteiger charge is -2.33. The average molecular weight is 580 g/mol. The number of hydrogen-bond donors (Lipinski definition) is 1. The van der Waals surface area contributed by atoms with E-state index in [-0.39, 0.29) is 23.0 Å². The van der Waals surface area contributed by atoms with Gasteiger partial charge in [0.15, 0.2) is 0 Å². The quantitative estimate of drug-likeness (QED) is 0.327. The van der Waals surface area contributed by atoms with Crippen molar-refractivity contribution in [3.05, 3.63) is 90.0 Å². The van der Waals surface area contributed by atoms with E-state index in [1.807, 2.05) is 65.0 Å². The Hall–Kier alpha value is -3.85. The highest BCUT2D eigenvalue weighted by atomic mass is 32.2. The number of carbonyl (C=O) groups excluding carboxylic acids is 2. The van der Waals surface area contributed by atoms with Crippen LogP contribution in [0.2, 0.25) is 0 Å². The first kappa shape index (κ1) is 31.7. The number of ether oxygens (including phenoxy) is 1. The summed E-state index contributed by atoms with van der Waals surface area (Å²) >= 11 is 0. The van der Waals surface area contributed by atoms with Crippen LogP contribution >= 0.6 is 0 Å². The minimum Gasteiger partial charge on any atom is -0.492 e. The van der Waals surface area contributed by atoms with Gasteiger partial charge < -0.3 is 15.0 Å². The zero-order valence-electron chi connectivity index (χ0n) is 24.8. The van der Waals surface area contributed by atoms with E-state index in [2.05, 4.69) is 5.32 Å². The van der Waals surface area contributed by atoms with Gasteiger partial charge in [-0.3, -0.25) is 13.9 Å². The third-order valence-electron chi connectivity index (χ3n) is 6.47. The Morgan fingerprint density at radius 1 is 0.927 bits per heavy atom. The van der Waals surface area contributed by atoms with Gasteiger partial charge in [0, 0.05) is 12.1 Å². The monoisotopic (exact) mass is 579 g/mol. The van der Waals surface area contributed by atoms with Crippen LogP contribution in [-0.2, 0) is 26.0 Å². The molecule has 0 unspecified atom stereocenters. The van der Waals surface area contributed by atoms with Crippen molar-refractivity contribution >= 4 is 27.5 Å². The second kappa shape index (κ2) is 13.7. The number of amides is 2. The van der Waals surface area contributed by atoms with Crippen LogP contribution < -0.4 is 14.4 Å². The van der Waals surface area contributed by atoms with Crippen molar-refractivity contribution in [1.82, 2.24) is 10.2 Å². The molecule has 1 atom stereocenters. The number of benzene rings is 3. The summed E-state index contributed by atoms with van der Waals surface area (Å²) in [5, 5.41) is 2.94. The number of nitrogens with zero attached hydrogens (tertiary/aromatic N) is 2. The van der Waals surface area contributed by atoms with Gasteiger partial charge in [-0.25, -0.2) is 8.42 Å². The van der Waals surface area contributed by atoms with Crippen LogP contribution in [0.25, 0.3) is 0 Å². The molecule has 8 nitrogen and oxygen atoms in total. The predicted molar refractivity (Wildman–Crippen MR) is 163 cm³/mol. The molecule has 2 amide bonds. The fourth-order valence-corrected chi connectivity index (χ4v) is 5.76. The maximum atomic E-state index is 14.1. The van der Waals surface area contributed by atoms with Crippen LogP contribution in [0.15, 0.2) is 83.8 Å².